The van der Waals surface area contributed by atoms with Gasteiger partial charge in [0.05, 0.1) is 17.9 Å². The van der Waals surface area contributed by atoms with Gasteiger partial charge in [-0.3, -0.25) is 0 Å². The van der Waals surface area contributed by atoms with Gasteiger partial charge in [0.25, 0.3) is 0 Å². The molecular weight excluding hydrogens is 457 g/mol. The first-order chi connectivity index (χ1) is 16.7. The fraction of sp³-hybridized carbons (Fsp3) is 0.385. The van der Waals surface area contributed by atoms with Gasteiger partial charge < -0.3 is 20.1 Å². The highest BCUT2D eigenvalue weighted by Crippen LogP contribution is 2.40. The number of alkyl halides is 3. The van der Waals surface area contributed by atoms with Gasteiger partial charge >= 0.3 is 6.18 Å². The van der Waals surface area contributed by atoms with Crippen LogP contribution in [0, 0.1) is 6.92 Å². The van der Waals surface area contributed by atoms with Gasteiger partial charge in [-0.2, -0.15) is 13.2 Å². The highest BCUT2D eigenvalue weighted by atomic mass is 19.4. The molecule has 0 saturated carbocycles. The van der Waals surface area contributed by atoms with E-state index in [1.54, 1.807) is 13.0 Å². The molecule has 2 aromatic carbocycles. The first-order valence-electron chi connectivity index (χ1n) is 11.6. The number of piperidine rings is 1. The number of likely N-dealkylation sites (tertiary alicyclic amines) is 1. The predicted octanol–water partition coefficient (Wildman–Crippen LogP) is 5.05. The van der Waals surface area contributed by atoms with Gasteiger partial charge in [0, 0.05) is 23.7 Å². The molecule has 4 rings (SSSR count). The summed E-state index contributed by atoms with van der Waals surface area (Å²) in [4.78, 5) is 2.23. The molecule has 1 atom stereocenters. The molecule has 0 aliphatic carbocycles. The zero-order valence-electron chi connectivity index (χ0n) is 19.8. The number of ether oxygens (including phenoxy) is 1. The highest BCUT2D eigenvalue weighted by Gasteiger charge is 2.32. The molecule has 0 amide bonds. The van der Waals surface area contributed by atoms with E-state index in [1.807, 2.05) is 30.3 Å². The summed E-state index contributed by atoms with van der Waals surface area (Å²) in [5.41, 5.74) is 1.67. The van der Waals surface area contributed by atoms with Gasteiger partial charge in [0.15, 0.2) is 5.82 Å². The fourth-order valence-electron chi connectivity index (χ4n) is 4.37. The Balaban J connectivity index is 1.69. The summed E-state index contributed by atoms with van der Waals surface area (Å²) in [7, 11) is 2.06. The number of aryl methyl sites for hydroxylation is 1. The van der Waals surface area contributed by atoms with Crippen LogP contribution in [0.5, 0.6) is 5.75 Å². The van der Waals surface area contributed by atoms with Gasteiger partial charge in [-0.25, -0.2) is 0 Å². The summed E-state index contributed by atoms with van der Waals surface area (Å²) in [5, 5.41) is 22.0. The third kappa shape index (κ3) is 6.10. The molecule has 0 spiro atoms. The van der Waals surface area contributed by atoms with E-state index in [9.17, 15) is 18.3 Å². The minimum atomic E-state index is -4.52. The lowest BCUT2D eigenvalue weighted by Gasteiger charge is -2.30. The van der Waals surface area contributed by atoms with Crippen LogP contribution in [0.1, 0.15) is 35.1 Å². The zero-order valence-corrected chi connectivity index (χ0v) is 19.8. The maximum Gasteiger partial charge on any atom is 0.416 e. The molecule has 6 nitrogen and oxygen atoms in total. The molecule has 0 radical (unpaired) electrons. The number of hydrogen-bond acceptors (Lipinski definition) is 6. The molecule has 3 aromatic rings. The highest BCUT2D eigenvalue weighted by molar-refractivity contribution is 5.73. The summed E-state index contributed by atoms with van der Waals surface area (Å²) < 4.78 is 46.5. The number of aromatic nitrogens is 2. The summed E-state index contributed by atoms with van der Waals surface area (Å²) in [6.07, 6.45) is -2.48. The van der Waals surface area contributed by atoms with Crippen molar-refractivity contribution in [2.45, 2.75) is 45.2 Å². The topological polar surface area (TPSA) is 70.5 Å². The summed E-state index contributed by atoms with van der Waals surface area (Å²) >= 11 is 0. The van der Waals surface area contributed by atoms with Gasteiger partial charge in [-0.1, -0.05) is 30.3 Å². The number of nitrogens with zero attached hydrogens (tertiary/aromatic N) is 3. The molecule has 9 heteroatoms. The SMILES string of the molecule is Cc1cc(C(F)(F)F)cc(OCc2ccccc2)c1-c1cc(CO)c(N[C@@H]2CCCN(C)C2)nn1. The molecular formula is C26H29F3N4O2. The Morgan fingerprint density at radius 2 is 1.91 bits per heavy atom. The smallest absolute Gasteiger partial charge is 0.416 e. The van der Waals surface area contributed by atoms with Crippen LogP contribution in [-0.4, -0.2) is 46.4 Å². The average Bonchev–Trinajstić information content (AvgIpc) is 2.83. The fourth-order valence-corrected chi connectivity index (χ4v) is 4.37. The largest absolute Gasteiger partial charge is 0.488 e. The Hall–Kier alpha value is -3.17. The maximum atomic E-state index is 13.5. The van der Waals surface area contributed by atoms with Gasteiger partial charge in [-0.15, -0.1) is 10.2 Å². The number of hydrogen-bond donors (Lipinski definition) is 2. The van der Waals surface area contributed by atoms with E-state index >= 15 is 0 Å². The molecule has 2 N–H and O–H groups in total. The van der Waals surface area contributed by atoms with Crippen molar-refractivity contribution in [1.82, 2.24) is 15.1 Å². The molecule has 0 bridgehead atoms. The number of aliphatic hydroxyl groups is 1. The second-order valence-corrected chi connectivity index (χ2v) is 8.95. The van der Waals surface area contributed by atoms with Crippen molar-refractivity contribution >= 4 is 5.82 Å². The molecule has 1 aromatic heterocycles. The number of aliphatic hydroxyl groups excluding tert-OH is 1. The molecule has 0 unspecified atom stereocenters. The number of anilines is 1. The standard InChI is InChI=1S/C26H29F3N4O2/c1-17-11-20(26(27,28)29)13-23(35-16-18-7-4-3-5-8-18)24(17)22-12-19(15-34)25(32-31-22)30-21-9-6-10-33(2)14-21/h3-5,7-8,11-13,21,34H,6,9-10,14-16H2,1-2H3,(H,30,32)/t21-/m1/s1. The van der Waals surface area contributed by atoms with Crippen LogP contribution in [0.4, 0.5) is 19.0 Å². The molecule has 35 heavy (non-hydrogen) atoms. The van der Waals surface area contributed by atoms with E-state index in [1.165, 1.54) is 0 Å². The maximum absolute atomic E-state index is 13.5. The van der Waals surface area contributed by atoms with Crippen molar-refractivity contribution in [2.24, 2.45) is 0 Å². The Labute approximate surface area is 202 Å². The number of nitrogens with one attached hydrogen (secondary N) is 1. The van der Waals surface area contributed by atoms with Crippen LogP contribution in [0.15, 0.2) is 48.5 Å². The van der Waals surface area contributed by atoms with Crippen molar-refractivity contribution < 1.29 is 23.0 Å². The van der Waals surface area contributed by atoms with E-state index in [4.69, 9.17) is 4.74 Å². The van der Waals surface area contributed by atoms with Crippen LogP contribution >= 0.6 is 0 Å². The summed E-state index contributed by atoms with van der Waals surface area (Å²) in [5.74, 6) is 0.543. The first-order valence-corrected chi connectivity index (χ1v) is 11.6. The molecule has 186 valence electrons. The van der Waals surface area contributed by atoms with E-state index in [0.29, 0.717) is 28.2 Å². The molecule has 1 aliphatic rings. The van der Waals surface area contributed by atoms with Gasteiger partial charge in [0.2, 0.25) is 0 Å². The van der Waals surface area contributed by atoms with Crippen LogP contribution in [0.2, 0.25) is 0 Å². The van der Waals surface area contributed by atoms with Crippen molar-refractivity contribution in [3.8, 4) is 17.0 Å². The lowest BCUT2D eigenvalue weighted by Crippen LogP contribution is -2.40. The second kappa shape index (κ2) is 10.6. The lowest BCUT2D eigenvalue weighted by molar-refractivity contribution is -0.137. The molecule has 1 saturated heterocycles. The van der Waals surface area contributed by atoms with Gasteiger partial charge in [-0.05, 0) is 62.7 Å². The average molecular weight is 487 g/mol. The summed E-state index contributed by atoms with van der Waals surface area (Å²) in [6, 6.07) is 13.1. The number of halogens is 3. The van der Waals surface area contributed by atoms with Crippen LogP contribution in [-0.2, 0) is 19.4 Å². The Morgan fingerprint density at radius 3 is 2.60 bits per heavy atom. The van der Waals surface area contributed by atoms with E-state index in [-0.39, 0.29) is 25.0 Å². The third-order valence-electron chi connectivity index (χ3n) is 6.13. The Bertz CT molecular complexity index is 1160. The van der Waals surface area contributed by atoms with E-state index in [2.05, 4.69) is 27.5 Å². The normalized spacial score (nSPS) is 16.8. The second-order valence-electron chi connectivity index (χ2n) is 8.95. The quantitative estimate of drug-likeness (QED) is 0.487. The van der Waals surface area contributed by atoms with Crippen LogP contribution < -0.4 is 10.1 Å². The van der Waals surface area contributed by atoms with E-state index < -0.39 is 11.7 Å². The van der Waals surface area contributed by atoms with Crippen molar-refractivity contribution in [3.05, 3.63) is 70.8 Å². The van der Waals surface area contributed by atoms with Crippen molar-refractivity contribution in [2.75, 3.05) is 25.5 Å². The molecule has 1 aliphatic heterocycles. The number of rotatable bonds is 7. The Kier molecular flexibility index (Phi) is 7.57. The predicted molar refractivity (Wildman–Crippen MR) is 128 cm³/mol. The van der Waals surface area contributed by atoms with Gasteiger partial charge in [0.1, 0.15) is 12.4 Å². The number of likely N-dealkylation sites (N-methyl/N-ethyl adjacent to an activating group) is 1. The minimum Gasteiger partial charge on any atom is -0.488 e. The van der Waals surface area contributed by atoms with Crippen LogP contribution in [0.3, 0.4) is 0 Å². The zero-order chi connectivity index (χ0) is 25.0. The lowest BCUT2D eigenvalue weighted by atomic mass is 9.99. The number of benzene rings is 2. The first kappa shape index (κ1) is 24.9. The van der Waals surface area contributed by atoms with E-state index in [0.717, 1.165) is 43.6 Å². The Morgan fingerprint density at radius 1 is 1.14 bits per heavy atom. The minimum absolute atomic E-state index is 0.0639. The summed E-state index contributed by atoms with van der Waals surface area (Å²) in [6.45, 7) is 3.29. The van der Waals surface area contributed by atoms with Crippen molar-refractivity contribution in [1.29, 1.82) is 0 Å². The molecule has 1 fully saturated rings. The third-order valence-corrected chi connectivity index (χ3v) is 6.13. The van der Waals surface area contributed by atoms with Crippen molar-refractivity contribution in [3.63, 3.8) is 0 Å². The van der Waals surface area contributed by atoms with Crippen LogP contribution in [0.25, 0.3) is 11.3 Å². The molecule has 2 heterocycles. The monoisotopic (exact) mass is 486 g/mol.